The summed E-state index contributed by atoms with van der Waals surface area (Å²) in [6.45, 7) is 1.89. The topological polar surface area (TPSA) is 90.9 Å². The Hall–Kier alpha value is -3.35. The lowest BCUT2D eigenvalue weighted by molar-refractivity contribution is -0.118. The van der Waals surface area contributed by atoms with Gasteiger partial charge in [0.25, 0.3) is 0 Å². The van der Waals surface area contributed by atoms with Gasteiger partial charge in [-0.25, -0.2) is 4.79 Å². The van der Waals surface area contributed by atoms with Crippen LogP contribution in [0.15, 0.2) is 42.5 Å². The van der Waals surface area contributed by atoms with Crippen molar-refractivity contribution in [3.63, 3.8) is 0 Å². The van der Waals surface area contributed by atoms with Gasteiger partial charge in [-0.3, -0.25) is 9.59 Å². The van der Waals surface area contributed by atoms with Crippen molar-refractivity contribution in [3.8, 4) is 11.5 Å². The molecule has 1 aliphatic heterocycles. The SMILES string of the molecule is CC(=O)NCCCc1ccc(C(=O)COC(=O)c2ccc3c(c2)OCO3)cc1. The first kappa shape index (κ1) is 19.4. The van der Waals surface area contributed by atoms with E-state index >= 15 is 0 Å². The summed E-state index contributed by atoms with van der Waals surface area (Å²) in [5, 5.41) is 2.74. The lowest BCUT2D eigenvalue weighted by Crippen LogP contribution is -2.21. The first-order valence-corrected chi connectivity index (χ1v) is 8.96. The number of fused-ring (bicyclic) bond motifs is 1. The van der Waals surface area contributed by atoms with Gasteiger partial charge >= 0.3 is 5.97 Å². The fourth-order valence-electron chi connectivity index (χ4n) is 2.74. The van der Waals surface area contributed by atoms with Crippen LogP contribution in [0.3, 0.4) is 0 Å². The molecule has 7 heteroatoms. The monoisotopic (exact) mass is 383 g/mol. The van der Waals surface area contributed by atoms with Crippen molar-refractivity contribution in [3.05, 3.63) is 59.2 Å². The van der Waals surface area contributed by atoms with Gasteiger partial charge < -0.3 is 19.5 Å². The zero-order valence-corrected chi connectivity index (χ0v) is 15.5. The maximum absolute atomic E-state index is 12.2. The Bertz CT molecular complexity index is 875. The van der Waals surface area contributed by atoms with Crippen molar-refractivity contribution in [2.45, 2.75) is 19.8 Å². The first-order valence-electron chi connectivity index (χ1n) is 8.96. The second kappa shape index (κ2) is 9.03. The average Bonchev–Trinajstić information content (AvgIpc) is 3.17. The van der Waals surface area contributed by atoms with Gasteiger partial charge in [0.15, 0.2) is 23.9 Å². The summed E-state index contributed by atoms with van der Waals surface area (Å²) in [5.74, 6) is 0.135. The number of ketones is 1. The van der Waals surface area contributed by atoms with Crippen molar-refractivity contribution >= 4 is 17.7 Å². The Morgan fingerprint density at radius 2 is 1.71 bits per heavy atom. The fourth-order valence-corrected chi connectivity index (χ4v) is 2.74. The highest BCUT2D eigenvalue weighted by molar-refractivity contribution is 5.99. The van der Waals surface area contributed by atoms with Crippen molar-refractivity contribution in [2.24, 2.45) is 0 Å². The van der Waals surface area contributed by atoms with E-state index in [1.807, 2.05) is 12.1 Å². The molecule has 0 unspecified atom stereocenters. The quantitative estimate of drug-likeness (QED) is 0.428. The molecule has 2 aromatic carbocycles. The number of benzene rings is 2. The average molecular weight is 383 g/mol. The molecule has 0 atom stereocenters. The highest BCUT2D eigenvalue weighted by Gasteiger charge is 2.18. The second-order valence-electron chi connectivity index (χ2n) is 6.35. The molecule has 3 rings (SSSR count). The molecule has 0 saturated heterocycles. The molecular weight excluding hydrogens is 362 g/mol. The molecule has 0 saturated carbocycles. The molecule has 2 aromatic rings. The molecule has 0 fully saturated rings. The number of nitrogens with one attached hydrogen (secondary N) is 1. The molecule has 0 radical (unpaired) electrons. The Labute approximate surface area is 162 Å². The molecule has 1 N–H and O–H groups in total. The van der Waals surface area contributed by atoms with Crippen LogP contribution in [0.1, 0.15) is 39.6 Å². The summed E-state index contributed by atoms with van der Waals surface area (Å²) in [6.07, 6.45) is 1.62. The Kier molecular flexibility index (Phi) is 6.26. The number of rotatable bonds is 8. The molecule has 146 valence electrons. The van der Waals surface area contributed by atoms with E-state index in [-0.39, 0.29) is 25.1 Å². The van der Waals surface area contributed by atoms with E-state index in [4.69, 9.17) is 14.2 Å². The van der Waals surface area contributed by atoms with Gasteiger partial charge in [-0.15, -0.1) is 0 Å². The molecule has 1 aliphatic rings. The van der Waals surface area contributed by atoms with Gasteiger partial charge in [-0.05, 0) is 36.6 Å². The number of hydrogen-bond donors (Lipinski definition) is 1. The molecular formula is C21H21NO6. The van der Waals surface area contributed by atoms with Gasteiger partial charge in [-0.1, -0.05) is 24.3 Å². The molecule has 0 aromatic heterocycles. The zero-order valence-electron chi connectivity index (χ0n) is 15.5. The summed E-state index contributed by atoms with van der Waals surface area (Å²) < 4.78 is 15.5. The number of esters is 1. The lowest BCUT2D eigenvalue weighted by atomic mass is 10.1. The molecule has 7 nitrogen and oxygen atoms in total. The minimum Gasteiger partial charge on any atom is -0.454 e. The maximum atomic E-state index is 12.2. The van der Waals surface area contributed by atoms with Crippen LogP contribution in [0.25, 0.3) is 0 Å². The van der Waals surface area contributed by atoms with Crippen LogP contribution in [0.5, 0.6) is 11.5 Å². The lowest BCUT2D eigenvalue weighted by Gasteiger charge is -2.07. The summed E-state index contributed by atoms with van der Waals surface area (Å²) in [7, 11) is 0. The number of ether oxygens (including phenoxy) is 3. The van der Waals surface area contributed by atoms with Gasteiger partial charge in [0.2, 0.25) is 12.7 Å². The van der Waals surface area contributed by atoms with E-state index in [1.54, 1.807) is 24.3 Å². The van der Waals surface area contributed by atoms with E-state index in [0.29, 0.717) is 29.2 Å². The summed E-state index contributed by atoms with van der Waals surface area (Å²) >= 11 is 0. The minimum atomic E-state index is -0.596. The predicted octanol–water partition coefficient (Wildman–Crippen LogP) is 2.52. The number of Topliss-reactive ketones (excluding diaryl/α,β-unsaturated/α-hetero) is 1. The summed E-state index contributed by atoms with van der Waals surface area (Å²) in [5.41, 5.74) is 1.84. The van der Waals surface area contributed by atoms with Crippen LogP contribution in [-0.4, -0.2) is 37.6 Å². The van der Waals surface area contributed by atoms with Crippen molar-refractivity contribution in [1.82, 2.24) is 5.32 Å². The third-order valence-corrected chi connectivity index (χ3v) is 4.23. The smallest absolute Gasteiger partial charge is 0.338 e. The molecule has 1 heterocycles. The van der Waals surface area contributed by atoms with Crippen LogP contribution in [-0.2, 0) is 16.0 Å². The Morgan fingerprint density at radius 3 is 2.46 bits per heavy atom. The number of aryl methyl sites for hydroxylation is 1. The van der Waals surface area contributed by atoms with Crippen molar-refractivity contribution in [2.75, 3.05) is 19.9 Å². The second-order valence-corrected chi connectivity index (χ2v) is 6.35. The molecule has 1 amide bonds. The predicted molar refractivity (Wildman–Crippen MR) is 101 cm³/mol. The standard InChI is InChI=1S/C21H21NO6/c1-14(23)22-10-2-3-15-4-6-16(7-5-15)18(24)12-26-21(25)17-8-9-19-20(11-17)28-13-27-19/h4-9,11H,2-3,10,12-13H2,1H3,(H,22,23). The number of carbonyl (C=O) groups is 3. The van der Waals surface area contributed by atoms with E-state index in [2.05, 4.69) is 5.32 Å². The summed E-state index contributed by atoms with van der Waals surface area (Å²) in [6, 6.07) is 11.9. The van der Waals surface area contributed by atoms with E-state index in [1.165, 1.54) is 13.0 Å². The van der Waals surface area contributed by atoms with Gasteiger partial charge in [-0.2, -0.15) is 0 Å². The Balaban J connectivity index is 1.48. The minimum absolute atomic E-state index is 0.0451. The number of carbonyl (C=O) groups excluding carboxylic acids is 3. The largest absolute Gasteiger partial charge is 0.454 e. The van der Waals surface area contributed by atoms with E-state index in [9.17, 15) is 14.4 Å². The number of hydrogen-bond acceptors (Lipinski definition) is 6. The summed E-state index contributed by atoms with van der Waals surface area (Å²) in [4.78, 5) is 35.2. The van der Waals surface area contributed by atoms with Crippen LogP contribution in [0.4, 0.5) is 0 Å². The maximum Gasteiger partial charge on any atom is 0.338 e. The highest BCUT2D eigenvalue weighted by atomic mass is 16.7. The first-order chi connectivity index (χ1) is 13.5. The van der Waals surface area contributed by atoms with E-state index in [0.717, 1.165) is 18.4 Å². The van der Waals surface area contributed by atoms with Crippen LogP contribution >= 0.6 is 0 Å². The third kappa shape index (κ3) is 5.09. The zero-order chi connectivity index (χ0) is 19.9. The van der Waals surface area contributed by atoms with Crippen molar-refractivity contribution in [1.29, 1.82) is 0 Å². The number of amides is 1. The van der Waals surface area contributed by atoms with Crippen LogP contribution < -0.4 is 14.8 Å². The van der Waals surface area contributed by atoms with Gasteiger partial charge in [0.1, 0.15) is 0 Å². The normalized spacial score (nSPS) is 11.8. The molecule has 0 aliphatic carbocycles. The van der Waals surface area contributed by atoms with Gasteiger partial charge in [0.05, 0.1) is 5.56 Å². The van der Waals surface area contributed by atoms with Crippen molar-refractivity contribution < 1.29 is 28.6 Å². The molecule has 0 spiro atoms. The van der Waals surface area contributed by atoms with Gasteiger partial charge in [0, 0.05) is 19.0 Å². The third-order valence-electron chi connectivity index (χ3n) is 4.23. The van der Waals surface area contributed by atoms with Crippen LogP contribution in [0, 0.1) is 0 Å². The fraction of sp³-hybridized carbons (Fsp3) is 0.286. The Morgan fingerprint density at radius 1 is 1.00 bits per heavy atom. The molecule has 0 bridgehead atoms. The molecule has 28 heavy (non-hydrogen) atoms. The van der Waals surface area contributed by atoms with E-state index < -0.39 is 5.97 Å². The van der Waals surface area contributed by atoms with Crippen LogP contribution in [0.2, 0.25) is 0 Å². The highest BCUT2D eigenvalue weighted by Crippen LogP contribution is 2.32.